The van der Waals surface area contributed by atoms with Gasteiger partial charge in [-0.3, -0.25) is 9.59 Å². The summed E-state index contributed by atoms with van der Waals surface area (Å²) >= 11 is 11.8. The SMILES string of the molecule is COCCOc1ccc(C(C)=O)c(NC(=O)c2coc(Cl)n2)c1Cl. The Labute approximate surface area is 147 Å². The highest BCUT2D eigenvalue weighted by Crippen LogP contribution is 2.36. The zero-order valence-corrected chi connectivity index (χ0v) is 14.4. The van der Waals surface area contributed by atoms with Gasteiger partial charge in [0.05, 0.1) is 12.3 Å². The van der Waals surface area contributed by atoms with Crippen LogP contribution in [0.1, 0.15) is 27.8 Å². The fraction of sp³-hybridized carbons (Fsp3) is 0.267. The Hall–Kier alpha value is -2.09. The molecule has 1 aromatic heterocycles. The molecule has 0 unspecified atom stereocenters. The second kappa shape index (κ2) is 8.14. The van der Waals surface area contributed by atoms with Gasteiger partial charge in [0.25, 0.3) is 11.3 Å². The van der Waals surface area contributed by atoms with Crippen LogP contribution in [0.4, 0.5) is 5.69 Å². The maximum atomic E-state index is 12.2. The molecule has 0 radical (unpaired) electrons. The smallest absolute Gasteiger partial charge is 0.292 e. The highest BCUT2D eigenvalue weighted by molar-refractivity contribution is 6.36. The lowest BCUT2D eigenvalue weighted by atomic mass is 10.1. The number of hydrogen-bond donors (Lipinski definition) is 1. The first kappa shape index (κ1) is 18.3. The summed E-state index contributed by atoms with van der Waals surface area (Å²) in [6.45, 7) is 1.99. The summed E-state index contributed by atoms with van der Waals surface area (Å²) in [5.74, 6) is -0.579. The summed E-state index contributed by atoms with van der Waals surface area (Å²) in [5.41, 5.74) is 0.321. The number of oxazole rings is 1. The standard InChI is InChI=1S/C15H14Cl2N2O5/c1-8(20)9-3-4-11(23-6-5-22-2)12(16)13(9)19-14(21)10-7-24-15(17)18-10/h3-4,7H,5-6H2,1-2H3,(H,19,21). The van der Waals surface area contributed by atoms with E-state index < -0.39 is 5.91 Å². The van der Waals surface area contributed by atoms with Gasteiger partial charge in [-0.05, 0) is 30.7 Å². The predicted molar refractivity (Wildman–Crippen MR) is 88.3 cm³/mol. The van der Waals surface area contributed by atoms with Gasteiger partial charge >= 0.3 is 0 Å². The molecule has 0 atom stereocenters. The number of hydrogen-bond acceptors (Lipinski definition) is 6. The third kappa shape index (κ3) is 4.25. The molecule has 2 aromatic rings. The molecule has 0 aliphatic carbocycles. The van der Waals surface area contributed by atoms with Crippen molar-refractivity contribution < 1.29 is 23.5 Å². The Morgan fingerprint density at radius 3 is 2.62 bits per heavy atom. The second-order valence-corrected chi connectivity index (χ2v) is 5.34. The van der Waals surface area contributed by atoms with E-state index in [9.17, 15) is 9.59 Å². The van der Waals surface area contributed by atoms with Crippen LogP contribution in [0, 0.1) is 0 Å². The summed E-state index contributed by atoms with van der Waals surface area (Å²) in [6.07, 6.45) is 1.10. The number of Topliss-reactive ketones (excluding diaryl/α,β-unsaturated/α-hetero) is 1. The van der Waals surface area contributed by atoms with Crippen molar-refractivity contribution in [2.45, 2.75) is 6.92 Å². The molecule has 0 aliphatic heterocycles. The van der Waals surface area contributed by atoms with Gasteiger partial charge in [-0.2, -0.15) is 4.98 Å². The van der Waals surface area contributed by atoms with E-state index in [1.54, 1.807) is 13.2 Å². The molecular weight excluding hydrogens is 359 g/mol. The van der Waals surface area contributed by atoms with Gasteiger partial charge in [0.2, 0.25) is 0 Å². The Balaban J connectivity index is 2.32. The number of anilines is 1. The number of nitrogens with one attached hydrogen (secondary N) is 1. The monoisotopic (exact) mass is 372 g/mol. The molecule has 0 fully saturated rings. The van der Waals surface area contributed by atoms with Crippen molar-refractivity contribution in [1.29, 1.82) is 0 Å². The molecule has 1 amide bonds. The van der Waals surface area contributed by atoms with Crippen molar-refractivity contribution in [3.8, 4) is 5.75 Å². The van der Waals surface area contributed by atoms with Crippen LogP contribution in [0.25, 0.3) is 0 Å². The lowest BCUT2D eigenvalue weighted by Gasteiger charge is -2.14. The maximum Gasteiger partial charge on any atom is 0.292 e. The van der Waals surface area contributed by atoms with Crippen LogP contribution < -0.4 is 10.1 Å². The number of amides is 1. The van der Waals surface area contributed by atoms with Crippen molar-refractivity contribution in [3.05, 3.63) is 40.0 Å². The minimum atomic E-state index is -0.621. The second-order valence-electron chi connectivity index (χ2n) is 4.64. The number of nitrogens with zero attached hydrogens (tertiary/aromatic N) is 1. The summed E-state index contributed by atoms with van der Waals surface area (Å²) < 4.78 is 15.1. The molecule has 0 saturated carbocycles. The molecule has 24 heavy (non-hydrogen) atoms. The minimum absolute atomic E-state index is 0.0451. The van der Waals surface area contributed by atoms with Crippen LogP contribution in [0.15, 0.2) is 22.8 Å². The van der Waals surface area contributed by atoms with Crippen molar-refractivity contribution in [3.63, 3.8) is 0 Å². The average Bonchev–Trinajstić information content (AvgIpc) is 2.97. The lowest BCUT2D eigenvalue weighted by Crippen LogP contribution is -2.16. The molecule has 128 valence electrons. The number of methoxy groups -OCH3 is 1. The summed E-state index contributed by atoms with van der Waals surface area (Å²) in [4.78, 5) is 27.7. The van der Waals surface area contributed by atoms with Crippen LogP contribution >= 0.6 is 23.2 Å². The van der Waals surface area contributed by atoms with Crippen LogP contribution in [-0.4, -0.2) is 37.0 Å². The Kier molecular flexibility index (Phi) is 6.19. The highest BCUT2D eigenvalue weighted by Gasteiger charge is 2.20. The first-order valence-electron chi connectivity index (χ1n) is 6.81. The molecule has 0 spiro atoms. The fourth-order valence-corrected chi connectivity index (χ4v) is 2.25. The third-order valence-electron chi connectivity index (χ3n) is 2.98. The highest BCUT2D eigenvalue weighted by atomic mass is 35.5. The van der Waals surface area contributed by atoms with Crippen LogP contribution in [0.5, 0.6) is 5.75 Å². The van der Waals surface area contributed by atoms with Crippen LogP contribution in [0.2, 0.25) is 10.4 Å². The average molecular weight is 373 g/mol. The molecule has 0 bridgehead atoms. The predicted octanol–water partition coefficient (Wildman–Crippen LogP) is 3.46. The largest absolute Gasteiger partial charge is 0.490 e. The van der Waals surface area contributed by atoms with Gasteiger partial charge in [-0.15, -0.1) is 0 Å². The van der Waals surface area contributed by atoms with Gasteiger partial charge in [-0.25, -0.2) is 0 Å². The normalized spacial score (nSPS) is 10.5. The number of ketones is 1. The molecule has 0 aliphatic rings. The van der Waals surface area contributed by atoms with Gasteiger partial charge < -0.3 is 19.2 Å². The van der Waals surface area contributed by atoms with Crippen LogP contribution in [-0.2, 0) is 4.74 Å². The molecule has 7 nitrogen and oxygen atoms in total. The minimum Gasteiger partial charge on any atom is -0.490 e. The molecule has 1 N–H and O–H groups in total. The fourth-order valence-electron chi connectivity index (χ4n) is 1.85. The van der Waals surface area contributed by atoms with E-state index in [1.165, 1.54) is 13.0 Å². The van der Waals surface area contributed by atoms with Gasteiger partial charge in [0, 0.05) is 12.7 Å². The molecular formula is C15H14Cl2N2O5. The zero-order chi connectivity index (χ0) is 17.7. The van der Waals surface area contributed by atoms with E-state index in [2.05, 4.69) is 10.3 Å². The zero-order valence-electron chi connectivity index (χ0n) is 12.9. The molecule has 9 heteroatoms. The number of halogens is 2. The lowest BCUT2D eigenvalue weighted by molar-refractivity contribution is 0.101. The molecule has 0 saturated heterocycles. The van der Waals surface area contributed by atoms with Crippen molar-refractivity contribution in [2.75, 3.05) is 25.6 Å². The topological polar surface area (TPSA) is 90.7 Å². The number of carbonyl (C=O) groups is 2. The Morgan fingerprint density at radius 1 is 1.29 bits per heavy atom. The molecule has 2 rings (SSSR count). The van der Waals surface area contributed by atoms with Gasteiger partial charge in [-0.1, -0.05) is 11.6 Å². The first-order valence-corrected chi connectivity index (χ1v) is 7.57. The number of carbonyl (C=O) groups excluding carboxylic acids is 2. The summed E-state index contributed by atoms with van der Waals surface area (Å²) in [6, 6.07) is 3.07. The maximum absolute atomic E-state index is 12.2. The summed E-state index contributed by atoms with van der Waals surface area (Å²) in [5, 5.41) is 2.46. The van der Waals surface area contributed by atoms with Gasteiger partial charge in [0.15, 0.2) is 11.5 Å². The Bertz CT molecular complexity index is 760. The number of ether oxygens (including phenoxy) is 2. The quantitative estimate of drug-likeness (QED) is 0.591. The first-order chi connectivity index (χ1) is 11.4. The van der Waals surface area contributed by atoms with E-state index in [1.807, 2.05) is 0 Å². The van der Waals surface area contributed by atoms with Crippen molar-refractivity contribution >= 4 is 40.6 Å². The van der Waals surface area contributed by atoms with Crippen molar-refractivity contribution in [1.82, 2.24) is 4.98 Å². The number of aromatic nitrogens is 1. The van der Waals surface area contributed by atoms with E-state index in [0.717, 1.165) is 6.26 Å². The van der Waals surface area contributed by atoms with E-state index in [0.29, 0.717) is 12.4 Å². The van der Waals surface area contributed by atoms with E-state index in [4.69, 9.17) is 37.1 Å². The van der Waals surface area contributed by atoms with E-state index in [-0.39, 0.29) is 39.7 Å². The molecule has 1 aromatic carbocycles. The number of rotatable bonds is 7. The van der Waals surface area contributed by atoms with E-state index >= 15 is 0 Å². The van der Waals surface area contributed by atoms with Crippen LogP contribution in [0.3, 0.4) is 0 Å². The Morgan fingerprint density at radius 2 is 2.04 bits per heavy atom. The van der Waals surface area contributed by atoms with Gasteiger partial charge in [0.1, 0.15) is 23.6 Å². The molecule has 1 heterocycles. The number of benzene rings is 1. The summed E-state index contributed by atoms with van der Waals surface area (Å²) in [7, 11) is 1.54. The third-order valence-corrected chi connectivity index (χ3v) is 3.53. The van der Waals surface area contributed by atoms with Crippen molar-refractivity contribution in [2.24, 2.45) is 0 Å².